The third kappa shape index (κ3) is 6.85. The van der Waals surface area contributed by atoms with Crippen molar-refractivity contribution in [1.82, 2.24) is 5.43 Å². The van der Waals surface area contributed by atoms with Gasteiger partial charge in [-0.2, -0.15) is 5.10 Å². The van der Waals surface area contributed by atoms with Crippen molar-refractivity contribution in [2.24, 2.45) is 5.10 Å². The highest BCUT2D eigenvalue weighted by molar-refractivity contribution is 9.10. The first-order chi connectivity index (χ1) is 15.6. The average Bonchev–Trinajstić information content (AvgIpc) is 2.83. The summed E-state index contributed by atoms with van der Waals surface area (Å²) >= 11 is 3.43. The molecule has 7 heteroatoms. The molecule has 3 rings (SSSR count). The second-order valence-electron chi connectivity index (χ2n) is 7.02. The third-order valence-corrected chi connectivity index (χ3v) is 5.29. The highest BCUT2D eigenvalue weighted by atomic mass is 79.9. The Balaban J connectivity index is 1.57. The first-order valence-electron chi connectivity index (χ1n) is 10.3. The fourth-order valence-corrected chi connectivity index (χ4v) is 3.21. The summed E-state index contributed by atoms with van der Waals surface area (Å²) in [5, 5.41) is 7.35. The van der Waals surface area contributed by atoms with Crippen LogP contribution in [0.15, 0.2) is 82.4 Å². The van der Waals surface area contributed by atoms with Gasteiger partial charge in [-0.05, 0) is 60.5 Å². The number of ether oxygens (including phenoxy) is 2. The number of hydrogen-bond acceptors (Lipinski definition) is 5. The zero-order chi connectivity index (χ0) is 22.8. The fourth-order valence-electron chi connectivity index (χ4n) is 2.95. The number of anilines is 1. The molecule has 166 valence electrons. The molecule has 0 aliphatic carbocycles. The Morgan fingerprint density at radius 3 is 2.47 bits per heavy atom. The van der Waals surface area contributed by atoms with Gasteiger partial charge in [-0.25, -0.2) is 5.43 Å². The summed E-state index contributed by atoms with van der Waals surface area (Å²) in [5.74, 6) is 1.24. The zero-order valence-electron chi connectivity index (χ0n) is 18.0. The minimum Gasteiger partial charge on any atom is -0.497 e. The van der Waals surface area contributed by atoms with Gasteiger partial charge in [0, 0.05) is 15.7 Å². The Kier molecular flexibility index (Phi) is 8.69. The Labute approximate surface area is 196 Å². The molecule has 0 aliphatic heterocycles. The van der Waals surface area contributed by atoms with Gasteiger partial charge in [-0.15, -0.1) is 0 Å². The summed E-state index contributed by atoms with van der Waals surface area (Å²) in [6, 6.07) is 22.5. The lowest BCUT2D eigenvalue weighted by atomic mass is 10.2. The number of halogens is 1. The second-order valence-corrected chi connectivity index (χ2v) is 7.94. The molecule has 3 aromatic rings. The lowest BCUT2D eigenvalue weighted by Crippen LogP contribution is -2.36. The van der Waals surface area contributed by atoms with Crippen LogP contribution in [0.5, 0.6) is 11.5 Å². The molecular formula is C25H26BrN3O3. The molecule has 3 aromatic carbocycles. The summed E-state index contributed by atoms with van der Waals surface area (Å²) < 4.78 is 12.1. The molecule has 0 saturated heterocycles. The van der Waals surface area contributed by atoms with Gasteiger partial charge in [-0.1, -0.05) is 47.1 Å². The van der Waals surface area contributed by atoms with Crippen LogP contribution in [-0.2, 0) is 11.4 Å². The van der Waals surface area contributed by atoms with E-state index >= 15 is 0 Å². The van der Waals surface area contributed by atoms with Crippen LogP contribution in [-0.4, -0.2) is 25.3 Å². The normalized spacial score (nSPS) is 11.7. The van der Waals surface area contributed by atoms with E-state index in [1.165, 1.54) is 0 Å². The number of amides is 1. The highest BCUT2D eigenvalue weighted by Crippen LogP contribution is 2.19. The number of benzene rings is 3. The molecule has 0 aromatic heterocycles. The maximum atomic E-state index is 12.6. The van der Waals surface area contributed by atoms with Gasteiger partial charge in [0.1, 0.15) is 24.1 Å². The van der Waals surface area contributed by atoms with E-state index in [0.717, 1.165) is 27.0 Å². The molecule has 0 heterocycles. The summed E-state index contributed by atoms with van der Waals surface area (Å²) in [5.41, 5.74) is 5.29. The van der Waals surface area contributed by atoms with Gasteiger partial charge in [0.05, 0.1) is 13.3 Å². The number of hydrazone groups is 1. The summed E-state index contributed by atoms with van der Waals surface area (Å²) in [6.45, 7) is 2.38. The predicted molar refractivity (Wildman–Crippen MR) is 131 cm³/mol. The van der Waals surface area contributed by atoms with E-state index in [1.807, 2.05) is 79.7 Å². The van der Waals surface area contributed by atoms with Gasteiger partial charge in [0.2, 0.25) is 0 Å². The minimum atomic E-state index is -0.413. The SMILES string of the molecule is CCC(Nc1ccc(OC)cc1)C(=O)N/N=C/c1ccccc1OCc1ccc(Br)cc1. The van der Waals surface area contributed by atoms with Crippen molar-refractivity contribution < 1.29 is 14.3 Å². The molecule has 0 fully saturated rings. The number of nitrogens with zero attached hydrogens (tertiary/aromatic N) is 1. The van der Waals surface area contributed by atoms with E-state index in [9.17, 15) is 4.79 Å². The molecule has 1 atom stereocenters. The topological polar surface area (TPSA) is 72.0 Å². The van der Waals surface area contributed by atoms with Crippen molar-refractivity contribution >= 4 is 33.7 Å². The monoisotopic (exact) mass is 495 g/mol. The predicted octanol–water partition coefficient (Wildman–Crippen LogP) is 5.38. The number of methoxy groups -OCH3 is 1. The number of carbonyl (C=O) groups excluding carboxylic acids is 1. The number of rotatable bonds is 10. The zero-order valence-corrected chi connectivity index (χ0v) is 19.6. The fraction of sp³-hybridized carbons (Fsp3) is 0.200. The van der Waals surface area contributed by atoms with Crippen molar-refractivity contribution in [3.8, 4) is 11.5 Å². The van der Waals surface area contributed by atoms with E-state index in [0.29, 0.717) is 18.8 Å². The van der Waals surface area contributed by atoms with E-state index < -0.39 is 6.04 Å². The van der Waals surface area contributed by atoms with Crippen LogP contribution in [0.4, 0.5) is 5.69 Å². The van der Waals surface area contributed by atoms with Crippen molar-refractivity contribution in [2.45, 2.75) is 26.0 Å². The lowest BCUT2D eigenvalue weighted by Gasteiger charge is -2.16. The van der Waals surface area contributed by atoms with Gasteiger partial charge in [0.15, 0.2) is 0 Å². The first-order valence-corrected chi connectivity index (χ1v) is 11.1. The van der Waals surface area contributed by atoms with Crippen LogP contribution < -0.4 is 20.2 Å². The van der Waals surface area contributed by atoms with Crippen molar-refractivity contribution in [1.29, 1.82) is 0 Å². The van der Waals surface area contributed by atoms with Crippen LogP contribution in [0.25, 0.3) is 0 Å². The number of para-hydroxylation sites is 1. The molecule has 6 nitrogen and oxygen atoms in total. The smallest absolute Gasteiger partial charge is 0.262 e. The van der Waals surface area contributed by atoms with Gasteiger partial charge < -0.3 is 14.8 Å². The van der Waals surface area contributed by atoms with Crippen molar-refractivity contribution in [2.75, 3.05) is 12.4 Å². The molecule has 0 spiro atoms. The Hall–Kier alpha value is -3.32. The average molecular weight is 496 g/mol. The summed E-state index contributed by atoms with van der Waals surface area (Å²) in [4.78, 5) is 12.6. The van der Waals surface area contributed by atoms with Crippen LogP contribution >= 0.6 is 15.9 Å². The van der Waals surface area contributed by atoms with E-state index in [-0.39, 0.29) is 5.91 Å². The molecule has 0 bridgehead atoms. The Morgan fingerprint density at radius 1 is 1.06 bits per heavy atom. The Morgan fingerprint density at radius 2 is 1.78 bits per heavy atom. The third-order valence-electron chi connectivity index (χ3n) is 4.76. The van der Waals surface area contributed by atoms with Gasteiger partial charge in [0.25, 0.3) is 5.91 Å². The molecule has 32 heavy (non-hydrogen) atoms. The van der Waals surface area contributed by atoms with Crippen molar-refractivity contribution in [3.63, 3.8) is 0 Å². The highest BCUT2D eigenvalue weighted by Gasteiger charge is 2.15. The number of nitrogens with one attached hydrogen (secondary N) is 2. The van der Waals surface area contributed by atoms with Crippen molar-refractivity contribution in [3.05, 3.63) is 88.4 Å². The van der Waals surface area contributed by atoms with Gasteiger partial charge in [-0.3, -0.25) is 4.79 Å². The minimum absolute atomic E-state index is 0.215. The first kappa shape index (κ1) is 23.3. The quantitative estimate of drug-likeness (QED) is 0.292. The maximum absolute atomic E-state index is 12.6. The van der Waals surface area contributed by atoms with Crippen LogP contribution in [0, 0.1) is 0 Å². The number of hydrogen-bond donors (Lipinski definition) is 2. The molecule has 1 amide bonds. The molecular weight excluding hydrogens is 470 g/mol. The van der Waals surface area contributed by atoms with Gasteiger partial charge >= 0.3 is 0 Å². The molecule has 1 unspecified atom stereocenters. The van der Waals surface area contributed by atoms with Crippen LogP contribution in [0.2, 0.25) is 0 Å². The van der Waals surface area contributed by atoms with Crippen LogP contribution in [0.3, 0.4) is 0 Å². The molecule has 2 N–H and O–H groups in total. The van der Waals surface area contributed by atoms with E-state index in [4.69, 9.17) is 9.47 Å². The van der Waals surface area contributed by atoms with E-state index in [2.05, 4.69) is 31.8 Å². The largest absolute Gasteiger partial charge is 0.497 e. The number of carbonyl (C=O) groups is 1. The summed E-state index contributed by atoms with van der Waals surface area (Å²) in [6.07, 6.45) is 2.20. The maximum Gasteiger partial charge on any atom is 0.262 e. The summed E-state index contributed by atoms with van der Waals surface area (Å²) in [7, 11) is 1.62. The van der Waals surface area contributed by atoms with Crippen LogP contribution in [0.1, 0.15) is 24.5 Å². The second kappa shape index (κ2) is 11.9. The molecule has 0 saturated carbocycles. The molecule has 0 radical (unpaired) electrons. The molecule has 0 aliphatic rings. The standard InChI is InChI=1S/C25H26BrN3O3/c1-3-23(28-21-12-14-22(31-2)15-13-21)25(30)29-27-16-19-6-4-5-7-24(19)32-17-18-8-10-20(26)11-9-18/h4-16,23,28H,3,17H2,1-2H3,(H,29,30)/b27-16+. The van der Waals surface area contributed by atoms with E-state index in [1.54, 1.807) is 13.3 Å². The lowest BCUT2D eigenvalue weighted by molar-refractivity contribution is -0.121. The Bertz CT molecular complexity index is 1040.